The van der Waals surface area contributed by atoms with Gasteiger partial charge in [-0.2, -0.15) is 0 Å². The summed E-state index contributed by atoms with van der Waals surface area (Å²) in [5, 5.41) is 14.0. The highest BCUT2D eigenvalue weighted by atomic mass is 32.1. The number of carbonyl (C=O) groups is 1. The van der Waals surface area contributed by atoms with Crippen LogP contribution >= 0.6 is 11.3 Å². The maximum atomic E-state index is 11.6. The number of nitrogens with one attached hydrogen (secondary N) is 1. The van der Waals surface area contributed by atoms with Crippen LogP contribution < -0.4 is 5.32 Å². The van der Waals surface area contributed by atoms with Gasteiger partial charge in [0.15, 0.2) is 0 Å². The maximum absolute atomic E-state index is 11.6. The van der Waals surface area contributed by atoms with Crippen molar-refractivity contribution in [3.63, 3.8) is 0 Å². The van der Waals surface area contributed by atoms with Gasteiger partial charge in [0, 0.05) is 6.54 Å². The number of thiazole rings is 1. The van der Waals surface area contributed by atoms with Crippen LogP contribution in [0.15, 0.2) is 35.7 Å². The highest BCUT2D eigenvalue weighted by molar-refractivity contribution is 7.09. The molecule has 0 aliphatic rings. The molecule has 0 saturated carbocycles. The Morgan fingerprint density at radius 3 is 2.76 bits per heavy atom. The van der Waals surface area contributed by atoms with Crippen molar-refractivity contribution in [3.8, 4) is 5.88 Å². The predicted octanol–water partition coefficient (Wildman–Crippen LogP) is 1.71. The van der Waals surface area contributed by atoms with Gasteiger partial charge in [0.25, 0.3) is 0 Å². The molecule has 2 rings (SSSR count). The van der Waals surface area contributed by atoms with Gasteiger partial charge in [-0.15, -0.1) is 11.3 Å². The Hall–Kier alpha value is -1.88. The standard InChI is InChI=1S/C12H12N2O2S/c15-10(6-12-14-11(16)8-17-12)13-7-9-4-2-1-3-5-9/h1-5,8,16H,6-7H2,(H,13,15). The molecule has 1 aromatic carbocycles. The average molecular weight is 248 g/mol. The molecule has 1 amide bonds. The SMILES string of the molecule is O=C(Cc1nc(O)cs1)NCc1ccccc1. The molecule has 0 fully saturated rings. The summed E-state index contributed by atoms with van der Waals surface area (Å²) >= 11 is 1.28. The van der Waals surface area contributed by atoms with Gasteiger partial charge in [-0.25, -0.2) is 4.98 Å². The van der Waals surface area contributed by atoms with Crippen molar-refractivity contribution < 1.29 is 9.90 Å². The molecule has 2 aromatic rings. The van der Waals surface area contributed by atoms with Crippen molar-refractivity contribution >= 4 is 17.2 Å². The molecule has 0 atom stereocenters. The van der Waals surface area contributed by atoms with E-state index in [0.717, 1.165) is 5.56 Å². The van der Waals surface area contributed by atoms with Crippen molar-refractivity contribution in [2.45, 2.75) is 13.0 Å². The second-order valence-electron chi connectivity index (χ2n) is 3.54. The van der Waals surface area contributed by atoms with E-state index in [1.54, 1.807) is 0 Å². The van der Waals surface area contributed by atoms with Crippen molar-refractivity contribution in [3.05, 3.63) is 46.3 Å². The van der Waals surface area contributed by atoms with Crippen LogP contribution in [-0.4, -0.2) is 16.0 Å². The van der Waals surface area contributed by atoms with Crippen LogP contribution in [0.3, 0.4) is 0 Å². The fraction of sp³-hybridized carbons (Fsp3) is 0.167. The normalized spacial score (nSPS) is 10.1. The van der Waals surface area contributed by atoms with E-state index in [0.29, 0.717) is 11.6 Å². The number of aromatic nitrogens is 1. The van der Waals surface area contributed by atoms with Crippen LogP contribution in [0, 0.1) is 0 Å². The number of rotatable bonds is 4. The highest BCUT2D eigenvalue weighted by Gasteiger charge is 2.06. The number of hydrogen-bond donors (Lipinski definition) is 2. The fourth-order valence-corrected chi connectivity index (χ4v) is 2.03. The summed E-state index contributed by atoms with van der Waals surface area (Å²) in [4.78, 5) is 15.4. The van der Waals surface area contributed by atoms with E-state index in [2.05, 4.69) is 10.3 Å². The number of hydrogen-bond acceptors (Lipinski definition) is 4. The molecule has 2 N–H and O–H groups in total. The Balaban J connectivity index is 1.82. The number of benzene rings is 1. The molecule has 0 spiro atoms. The Morgan fingerprint density at radius 2 is 2.12 bits per heavy atom. The lowest BCUT2D eigenvalue weighted by Crippen LogP contribution is -2.24. The van der Waals surface area contributed by atoms with E-state index in [9.17, 15) is 4.79 Å². The van der Waals surface area contributed by atoms with Crippen LogP contribution in [0.1, 0.15) is 10.6 Å². The quantitative estimate of drug-likeness (QED) is 0.865. The van der Waals surface area contributed by atoms with E-state index in [1.165, 1.54) is 16.7 Å². The van der Waals surface area contributed by atoms with Crippen LogP contribution in [0.5, 0.6) is 5.88 Å². The van der Waals surface area contributed by atoms with E-state index in [-0.39, 0.29) is 18.2 Å². The lowest BCUT2D eigenvalue weighted by atomic mass is 10.2. The number of amides is 1. The summed E-state index contributed by atoms with van der Waals surface area (Å²) in [6.07, 6.45) is 0.206. The van der Waals surface area contributed by atoms with Crippen molar-refractivity contribution in [2.24, 2.45) is 0 Å². The van der Waals surface area contributed by atoms with E-state index >= 15 is 0 Å². The summed E-state index contributed by atoms with van der Waals surface area (Å²) in [5.41, 5.74) is 1.06. The molecule has 0 saturated heterocycles. The molecular weight excluding hydrogens is 236 g/mol. The van der Waals surface area contributed by atoms with Gasteiger partial charge in [-0.05, 0) is 5.56 Å². The molecule has 5 heteroatoms. The maximum Gasteiger partial charge on any atom is 0.227 e. The van der Waals surface area contributed by atoms with Gasteiger partial charge in [0.05, 0.1) is 11.8 Å². The van der Waals surface area contributed by atoms with E-state index in [1.807, 2.05) is 30.3 Å². The summed E-state index contributed by atoms with van der Waals surface area (Å²) in [5.74, 6) is -0.121. The molecule has 0 aliphatic heterocycles. The molecule has 4 nitrogen and oxygen atoms in total. The van der Waals surface area contributed by atoms with Crippen LogP contribution in [-0.2, 0) is 17.8 Å². The summed E-state index contributed by atoms with van der Waals surface area (Å²) in [6.45, 7) is 0.511. The second kappa shape index (κ2) is 5.45. The third-order valence-corrected chi connectivity index (χ3v) is 3.02. The molecule has 17 heavy (non-hydrogen) atoms. The lowest BCUT2D eigenvalue weighted by Gasteiger charge is -2.03. The van der Waals surface area contributed by atoms with Gasteiger partial charge in [0.2, 0.25) is 11.8 Å². The van der Waals surface area contributed by atoms with Crippen LogP contribution in [0.25, 0.3) is 0 Å². The molecule has 1 heterocycles. The average Bonchev–Trinajstić information content (AvgIpc) is 2.73. The largest absolute Gasteiger partial charge is 0.493 e. The zero-order valence-corrected chi connectivity index (χ0v) is 9.91. The van der Waals surface area contributed by atoms with Crippen LogP contribution in [0.2, 0.25) is 0 Å². The summed E-state index contributed by atoms with van der Waals surface area (Å²) in [7, 11) is 0. The third kappa shape index (κ3) is 3.57. The first-order valence-electron chi connectivity index (χ1n) is 5.18. The summed E-state index contributed by atoms with van der Waals surface area (Å²) in [6, 6.07) is 9.70. The highest BCUT2D eigenvalue weighted by Crippen LogP contribution is 2.14. The molecule has 0 unspecified atom stereocenters. The fourth-order valence-electron chi connectivity index (χ4n) is 1.38. The second-order valence-corrected chi connectivity index (χ2v) is 4.48. The summed E-state index contributed by atoms with van der Waals surface area (Å²) < 4.78 is 0. The number of nitrogens with zero attached hydrogens (tertiary/aromatic N) is 1. The minimum absolute atomic E-state index is 0.0270. The third-order valence-electron chi connectivity index (χ3n) is 2.18. The Labute approximate surface area is 103 Å². The first-order valence-corrected chi connectivity index (χ1v) is 6.06. The Bertz CT molecular complexity index is 496. The van der Waals surface area contributed by atoms with Gasteiger partial charge in [-0.3, -0.25) is 4.79 Å². The van der Waals surface area contributed by atoms with E-state index < -0.39 is 0 Å². The Morgan fingerprint density at radius 1 is 1.35 bits per heavy atom. The van der Waals surface area contributed by atoms with Gasteiger partial charge in [0.1, 0.15) is 5.01 Å². The molecule has 0 aliphatic carbocycles. The Kier molecular flexibility index (Phi) is 3.72. The minimum atomic E-state index is -0.0943. The first kappa shape index (κ1) is 11.6. The molecule has 88 valence electrons. The number of aromatic hydroxyl groups is 1. The van der Waals surface area contributed by atoms with Crippen molar-refractivity contribution in [1.29, 1.82) is 0 Å². The zero-order chi connectivity index (χ0) is 12.1. The predicted molar refractivity (Wildman–Crippen MR) is 65.8 cm³/mol. The van der Waals surface area contributed by atoms with Crippen LogP contribution in [0.4, 0.5) is 0 Å². The zero-order valence-electron chi connectivity index (χ0n) is 9.09. The molecule has 1 aromatic heterocycles. The van der Waals surface area contributed by atoms with Gasteiger partial charge in [-0.1, -0.05) is 30.3 Å². The van der Waals surface area contributed by atoms with Gasteiger partial charge >= 0.3 is 0 Å². The topological polar surface area (TPSA) is 62.2 Å². The van der Waals surface area contributed by atoms with Gasteiger partial charge < -0.3 is 10.4 Å². The molecule has 0 radical (unpaired) electrons. The first-order chi connectivity index (χ1) is 8.24. The van der Waals surface area contributed by atoms with Crippen molar-refractivity contribution in [1.82, 2.24) is 10.3 Å². The van der Waals surface area contributed by atoms with E-state index in [4.69, 9.17) is 5.11 Å². The van der Waals surface area contributed by atoms with Crippen molar-refractivity contribution in [2.75, 3.05) is 0 Å². The smallest absolute Gasteiger partial charge is 0.227 e. The lowest BCUT2D eigenvalue weighted by molar-refractivity contribution is -0.120. The molecular formula is C12H12N2O2S. The molecule has 0 bridgehead atoms. The number of carbonyl (C=O) groups excluding carboxylic acids is 1. The monoisotopic (exact) mass is 248 g/mol. The minimum Gasteiger partial charge on any atom is -0.493 e.